The Morgan fingerprint density at radius 1 is 1.47 bits per heavy atom. The van der Waals surface area contributed by atoms with Crippen molar-refractivity contribution >= 4 is 0 Å². The Morgan fingerprint density at radius 3 is 3.12 bits per heavy atom. The minimum atomic E-state index is 0.160. The van der Waals surface area contributed by atoms with Crippen LogP contribution in [0.4, 0.5) is 0 Å². The van der Waals surface area contributed by atoms with Crippen molar-refractivity contribution in [2.45, 2.75) is 12.5 Å². The van der Waals surface area contributed by atoms with Gasteiger partial charge in [-0.05, 0) is 24.8 Å². The molecule has 0 radical (unpaired) electrons. The smallest absolute Gasteiger partial charge is 0.249 e. The van der Waals surface area contributed by atoms with Gasteiger partial charge in [0.2, 0.25) is 11.7 Å². The molecule has 0 fully saturated rings. The molecule has 17 heavy (non-hydrogen) atoms. The first-order chi connectivity index (χ1) is 8.34. The fourth-order valence-electron chi connectivity index (χ4n) is 1.88. The van der Waals surface area contributed by atoms with Gasteiger partial charge in [-0.15, -0.1) is 0 Å². The van der Waals surface area contributed by atoms with Crippen LogP contribution in [0, 0.1) is 0 Å². The zero-order valence-electron chi connectivity index (χ0n) is 9.45. The Bertz CT molecular complexity index is 534. The van der Waals surface area contributed by atoms with Crippen molar-refractivity contribution in [3.8, 4) is 11.4 Å². The average molecular weight is 228 g/mol. The molecule has 5 nitrogen and oxygen atoms in total. The van der Waals surface area contributed by atoms with Crippen LogP contribution in [0.2, 0.25) is 0 Å². The summed E-state index contributed by atoms with van der Waals surface area (Å²) in [6, 6.07) is 3.93. The summed E-state index contributed by atoms with van der Waals surface area (Å²) in [4.78, 5) is 10.5. The van der Waals surface area contributed by atoms with E-state index in [0.717, 1.165) is 12.0 Å². The summed E-state index contributed by atoms with van der Waals surface area (Å²) in [5, 5.41) is 3.98. The highest BCUT2D eigenvalue weighted by Gasteiger charge is 2.24. The van der Waals surface area contributed by atoms with Gasteiger partial charge in [0.15, 0.2) is 0 Å². The van der Waals surface area contributed by atoms with E-state index in [1.165, 1.54) is 0 Å². The van der Waals surface area contributed by atoms with Crippen molar-refractivity contribution < 1.29 is 4.52 Å². The van der Waals surface area contributed by atoms with E-state index in [2.05, 4.69) is 26.1 Å². The van der Waals surface area contributed by atoms with Crippen molar-refractivity contribution in [2.24, 2.45) is 0 Å². The lowest BCUT2D eigenvalue weighted by Gasteiger charge is -2.15. The van der Waals surface area contributed by atoms with Crippen LogP contribution < -0.4 is 0 Å². The van der Waals surface area contributed by atoms with E-state index < -0.39 is 0 Å². The molecule has 1 aliphatic rings. The van der Waals surface area contributed by atoms with Gasteiger partial charge in [0.05, 0.1) is 0 Å². The first-order valence-electron chi connectivity index (χ1n) is 5.47. The minimum Gasteiger partial charge on any atom is -0.369 e. The molecule has 1 atom stereocenters. The standard InChI is InChI=1S/C12H12N4O/c1-16-7-3-5-10(16)12-14-11(15-17-12)9-4-2-6-13-8-9/h2-4,6-8,10H,5H2,1H3. The lowest BCUT2D eigenvalue weighted by atomic mass is 10.2. The summed E-state index contributed by atoms with van der Waals surface area (Å²) in [7, 11) is 2.00. The predicted octanol–water partition coefficient (Wildman–Crippen LogP) is 2.02. The molecule has 0 aliphatic carbocycles. The average Bonchev–Trinajstić information content (AvgIpc) is 2.98. The van der Waals surface area contributed by atoms with Gasteiger partial charge in [0, 0.05) is 25.0 Å². The normalized spacial score (nSPS) is 18.9. The van der Waals surface area contributed by atoms with Crippen molar-refractivity contribution in [1.29, 1.82) is 0 Å². The summed E-state index contributed by atoms with van der Waals surface area (Å²) >= 11 is 0. The van der Waals surface area contributed by atoms with Gasteiger partial charge in [-0.25, -0.2) is 0 Å². The van der Waals surface area contributed by atoms with E-state index in [-0.39, 0.29) is 6.04 Å². The Morgan fingerprint density at radius 2 is 2.41 bits per heavy atom. The third-order valence-corrected chi connectivity index (χ3v) is 2.84. The van der Waals surface area contributed by atoms with Crippen LogP contribution >= 0.6 is 0 Å². The molecule has 1 unspecified atom stereocenters. The monoisotopic (exact) mass is 228 g/mol. The number of hydrogen-bond acceptors (Lipinski definition) is 5. The van der Waals surface area contributed by atoms with E-state index in [4.69, 9.17) is 4.52 Å². The van der Waals surface area contributed by atoms with Crippen molar-refractivity contribution in [1.82, 2.24) is 20.0 Å². The topological polar surface area (TPSA) is 55.1 Å². The van der Waals surface area contributed by atoms with Crippen molar-refractivity contribution in [3.05, 3.63) is 42.7 Å². The second-order valence-electron chi connectivity index (χ2n) is 4.00. The maximum Gasteiger partial charge on any atom is 0.249 e. The predicted molar refractivity (Wildman–Crippen MR) is 61.8 cm³/mol. The van der Waals surface area contributed by atoms with E-state index in [0.29, 0.717) is 11.7 Å². The molecule has 2 aromatic rings. The maximum atomic E-state index is 5.30. The second kappa shape index (κ2) is 4.01. The van der Waals surface area contributed by atoms with Crippen LogP contribution in [0.25, 0.3) is 11.4 Å². The second-order valence-corrected chi connectivity index (χ2v) is 4.00. The van der Waals surface area contributed by atoms with Crippen LogP contribution in [0.3, 0.4) is 0 Å². The number of nitrogens with zero attached hydrogens (tertiary/aromatic N) is 4. The maximum absolute atomic E-state index is 5.30. The molecule has 0 aromatic carbocycles. The zero-order chi connectivity index (χ0) is 11.7. The molecule has 2 aromatic heterocycles. The highest BCUT2D eigenvalue weighted by Crippen LogP contribution is 2.28. The van der Waals surface area contributed by atoms with Crippen LogP contribution in [0.1, 0.15) is 18.4 Å². The molecule has 0 N–H and O–H groups in total. The summed E-state index contributed by atoms with van der Waals surface area (Å²) in [6.07, 6.45) is 8.48. The van der Waals surface area contributed by atoms with Gasteiger partial charge in [0.1, 0.15) is 6.04 Å². The molecule has 0 saturated carbocycles. The molecule has 0 amide bonds. The SMILES string of the molecule is CN1C=CCC1c1nc(-c2cccnc2)no1. The van der Waals surface area contributed by atoms with Crippen LogP contribution in [-0.2, 0) is 0 Å². The molecule has 0 bridgehead atoms. The molecule has 86 valence electrons. The minimum absolute atomic E-state index is 0.160. The number of hydrogen-bond donors (Lipinski definition) is 0. The van der Waals surface area contributed by atoms with Gasteiger partial charge in [0.25, 0.3) is 0 Å². The summed E-state index contributed by atoms with van der Waals surface area (Å²) in [5.41, 5.74) is 0.871. The van der Waals surface area contributed by atoms with E-state index >= 15 is 0 Å². The van der Waals surface area contributed by atoms with E-state index in [1.54, 1.807) is 12.4 Å². The van der Waals surface area contributed by atoms with Gasteiger partial charge in [-0.1, -0.05) is 11.2 Å². The van der Waals surface area contributed by atoms with Gasteiger partial charge in [-0.3, -0.25) is 4.98 Å². The Hall–Kier alpha value is -2.17. The lowest BCUT2D eigenvalue weighted by molar-refractivity contribution is 0.268. The third-order valence-electron chi connectivity index (χ3n) is 2.84. The molecule has 0 saturated heterocycles. The Kier molecular flexibility index (Phi) is 2.36. The highest BCUT2D eigenvalue weighted by molar-refractivity contribution is 5.51. The van der Waals surface area contributed by atoms with Crippen molar-refractivity contribution in [2.75, 3.05) is 7.05 Å². The van der Waals surface area contributed by atoms with Crippen LogP contribution in [-0.4, -0.2) is 27.1 Å². The summed E-state index contributed by atoms with van der Waals surface area (Å²) in [6.45, 7) is 0. The quantitative estimate of drug-likeness (QED) is 0.787. The first kappa shape index (κ1) is 10.0. The largest absolute Gasteiger partial charge is 0.369 e. The van der Waals surface area contributed by atoms with Crippen LogP contribution in [0.15, 0.2) is 41.3 Å². The first-order valence-corrected chi connectivity index (χ1v) is 5.47. The van der Waals surface area contributed by atoms with E-state index in [9.17, 15) is 0 Å². The molecule has 5 heteroatoms. The molecule has 1 aliphatic heterocycles. The number of pyridine rings is 1. The Labute approximate surface area is 98.8 Å². The molecular weight excluding hydrogens is 216 g/mol. The summed E-state index contributed by atoms with van der Waals surface area (Å²) in [5.74, 6) is 1.24. The van der Waals surface area contributed by atoms with Crippen LogP contribution in [0.5, 0.6) is 0 Å². The third kappa shape index (κ3) is 1.80. The van der Waals surface area contributed by atoms with Gasteiger partial charge in [-0.2, -0.15) is 4.98 Å². The fraction of sp³-hybridized carbons (Fsp3) is 0.250. The summed E-state index contributed by atoms with van der Waals surface area (Å²) < 4.78 is 5.30. The van der Waals surface area contributed by atoms with E-state index in [1.807, 2.05) is 25.4 Å². The fourth-order valence-corrected chi connectivity index (χ4v) is 1.88. The van der Waals surface area contributed by atoms with Crippen molar-refractivity contribution in [3.63, 3.8) is 0 Å². The molecule has 3 rings (SSSR count). The van der Waals surface area contributed by atoms with Gasteiger partial charge >= 0.3 is 0 Å². The number of aromatic nitrogens is 3. The lowest BCUT2D eigenvalue weighted by Crippen LogP contribution is -2.14. The number of rotatable bonds is 2. The highest BCUT2D eigenvalue weighted by atomic mass is 16.5. The zero-order valence-corrected chi connectivity index (χ0v) is 9.45. The molecule has 0 spiro atoms. The van der Waals surface area contributed by atoms with Gasteiger partial charge < -0.3 is 9.42 Å². The molecule has 3 heterocycles. The molecular formula is C12H12N4O. The Balaban J connectivity index is 1.89.